The van der Waals surface area contributed by atoms with Crippen molar-refractivity contribution in [1.29, 1.82) is 0 Å². The van der Waals surface area contributed by atoms with E-state index >= 15 is 0 Å². The number of rotatable bonds is 15. The third kappa shape index (κ3) is 12.6. The van der Waals surface area contributed by atoms with Crippen LogP contribution >= 0.6 is 33.6 Å². The first-order valence-electron chi connectivity index (χ1n) is 41.6. The quantitative estimate of drug-likeness (QED) is 0.103. The molecule has 0 spiro atoms. The molecule has 0 saturated heterocycles. The molecule has 1 atom stereocenters. The van der Waals surface area contributed by atoms with E-state index in [4.69, 9.17) is 4.42 Å². The molecule has 0 amide bonds. The zero-order valence-electron chi connectivity index (χ0n) is 66.2. The van der Waals surface area contributed by atoms with Crippen LogP contribution in [0.2, 0.25) is 0 Å². The van der Waals surface area contributed by atoms with Crippen LogP contribution < -0.4 is 9.80 Å². The van der Waals surface area contributed by atoms with Gasteiger partial charge in [-0.1, -0.05) is 285 Å². The second kappa shape index (κ2) is 29.6. The minimum Gasteiger partial charge on any atom is -0.456 e. The van der Waals surface area contributed by atoms with Crippen molar-refractivity contribution in [3.05, 3.63) is 443 Å². The van der Waals surface area contributed by atoms with Gasteiger partial charge in [0.25, 0.3) is 0 Å². The molecule has 1 unspecified atom stereocenters. The summed E-state index contributed by atoms with van der Waals surface area (Å²) in [4.78, 5) is 8.96. The molecule has 3 aromatic heterocycles. The van der Waals surface area contributed by atoms with E-state index in [1.54, 1.807) is 0 Å². The van der Waals surface area contributed by atoms with E-state index in [9.17, 15) is 0 Å². The van der Waals surface area contributed by atoms with Crippen molar-refractivity contribution in [2.75, 3.05) is 9.80 Å². The molecule has 572 valence electrons. The molecule has 0 radical (unpaired) electrons. The van der Waals surface area contributed by atoms with Gasteiger partial charge >= 0.3 is 0 Å². The summed E-state index contributed by atoms with van der Waals surface area (Å²) in [6, 6.07) is 164. The number of thiophene rings is 2. The van der Waals surface area contributed by atoms with E-state index in [-0.39, 0.29) is 0 Å². The topological polar surface area (TPSA) is 19.6 Å². The van der Waals surface area contributed by atoms with Crippen LogP contribution in [0.4, 0.5) is 34.1 Å². The lowest BCUT2D eigenvalue weighted by Crippen LogP contribution is -2.10. The predicted octanol–water partition coefficient (Wildman–Crippen LogP) is 34.4. The fraction of sp³-hybridized carbons (Fsp3) is 0. The maximum absolute atomic E-state index is 6.23. The van der Waals surface area contributed by atoms with Gasteiger partial charge in [-0.05, 0) is 284 Å². The monoisotopic (exact) mass is 1610 g/mol. The van der Waals surface area contributed by atoms with E-state index in [0.29, 0.717) is 0 Å². The average molecular weight is 1610 g/mol. The minimum absolute atomic E-state index is 0.863. The van der Waals surface area contributed by atoms with Crippen molar-refractivity contribution in [2.24, 2.45) is 0 Å². The Morgan fingerprint density at radius 3 is 1.15 bits per heavy atom. The van der Waals surface area contributed by atoms with E-state index in [1.165, 1.54) is 149 Å². The number of furan rings is 1. The van der Waals surface area contributed by atoms with Gasteiger partial charge in [0.2, 0.25) is 0 Å². The van der Waals surface area contributed by atoms with Crippen LogP contribution in [0.3, 0.4) is 0 Å². The summed E-state index contributed by atoms with van der Waals surface area (Å²) in [5.41, 5.74) is 29.8. The van der Waals surface area contributed by atoms with E-state index < -0.39 is 10.9 Å². The zero-order chi connectivity index (χ0) is 80.3. The molecule has 0 fully saturated rings. The molecule has 24 rings (SSSR count). The maximum atomic E-state index is 6.23. The number of hydrogen-bond acceptors (Lipinski definition) is 5. The Morgan fingerprint density at radius 2 is 0.574 bits per heavy atom. The van der Waals surface area contributed by atoms with Crippen LogP contribution in [-0.4, -0.2) is 0 Å². The van der Waals surface area contributed by atoms with Crippen molar-refractivity contribution < 1.29 is 4.42 Å². The molecule has 23 aromatic rings. The van der Waals surface area contributed by atoms with E-state index in [0.717, 1.165) is 83.9 Å². The molecule has 1 aliphatic rings. The maximum Gasteiger partial charge on any atom is 0.135 e. The first-order valence-corrected chi connectivity index (χ1v) is 44.6. The van der Waals surface area contributed by atoms with Crippen molar-refractivity contribution in [3.8, 4) is 100 Å². The van der Waals surface area contributed by atoms with Crippen LogP contribution in [0.25, 0.3) is 184 Å². The fourth-order valence-electron chi connectivity index (χ4n) is 18.7. The summed E-state index contributed by atoms with van der Waals surface area (Å²) in [7, 11) is -0.863. The number of fused-ring (bicyclic) bond motifs is 14. The molecule has 3 nitrogen and oxygen atoms in total. The molecular weight excluding hydrogens is 1530 g/mol. The smallest absolute Gasteiger partial charge is 0.135 e. The fourth-order valence-corrected chi connectivity index (χ4v) is 23.8. The number of anilines is 6. The van der Waals surface area contributed by atoms with Gasteiger partial charge in [0.15, 0.2) is 0 Å². The van der Waals surface area contributed by atoms with Crippen molar-refractivity contribution >= 4 is 152 Å². The second-order valence-electron chi connectivity index (χ2n) is 31.9. The number of hydrogen-bond donors (Lipinski definition) is 1. The number of nitrogens with zero attached hydrogens (tertiary/aromatic N) is 2. The minimum atomic E-state index is -0.863. The summed E-state index contributed by atoms with van der Waals surface area (Å²) < 4.78 is 11.5. The Bertz CT molecular complexity index is 8090. The Morgan fingerprint density at radius 1 is 0.189 bits per heavy atom. The first-order chi connectivity index (χ1) is 60.4. The van der Waals surface area contributed by atoms with Gasteiger partial charge in [-0.25, -0.2) is 0 Å². The highest BCUT2D eigenvalue weighted by Crippen LogP contribution is 2.64. The number of para-hydroxylation sites is 1. The molecule has 122 heavy (non-hydrogen) atoms. The number of benzene rings is 20. The summed E-state index contributed by atoms with van der Waals surface area (Å²) in [6.07, 6.45) is 0. The average Bonchev–Trinajstić information content (AvgIpc) is 1.57. The highest BCUT2D eigenvalue weighted by Gasteiger charge is 2.29. The van der Waals surface area contributed by atoms with Gasteiger partial charge in [0.05, 0.1) is 0 Å². The molecule has 20 aromatic carbocycles. The van der Waals surface area contributed by atoms with Gasteiger partial charge in [-0.3, -0.25) is 0 Å². The van der Waals surface area contributed by atoms with E-state index in [2.05, 4.69) is 441 Å². The molecule has 6 heteroatoms. The van der Waals surface area contributed by atoms with Gasteiger partial charge in [-0.15, -0.1) is 22.7 Å². The van der Waals surface area contributed by atoms with E-state index in [1.807, 2.05) is 34.8 Å². The predicted molar refractivity (Wildman–Crippen MR) is 523 cm³/mol. The second-order valence-corrected chi connectivity index (χ2v) is 36.1. The normalized spacial score (nSPS) is 12.8. The van der Waals surface area contributed by atoms with Crippen LogP contribution in [0.5, 0.6) is 0 Å². The largest absolute Gasteiger partial charge is 0.456 e. The first kappa shape index (κ1) is 71.2. The molecule has 4 heterocycles. The van der Waals surface area contributed by atoms with Gasteiger partial charge in [-0.2, -0.15) is 10.9 Å². The van der Waals surface area contributed by atoms with Crippen molar-refractivity contribution in [2.45, 2.75) is 14.7 Å². The van der Waals surface area contributed by atoms with Crippen molar-refractivity contribution in [1.82, 2.24) is 0 Å². The zero-order valence-corrected chi connectivity index (χ0v) is 68.7. The molecule has 0 N–H and O–H groups in total. The summed E-state index contributed by atoms with van der Waals surface area (Å²) in [5, 5.41) is 12.4. The molecular formula is C116H74N2OS3. The lowest BCUT2D eigenvalue weighted by Gasteiger charge is -2.26. The standard InChI is InChI=1S/C116H74N2OS3/c1-3-19-80-65-86(41-39-74(80)17-1)76-43-53-92(54-44-76)117(94-57-47-78(48-58-94)88-51-62-110-106(71-88)101-29-5-8-36-109(101)119-110)96-27-14-24-85(70-96)83-22-12-26-91(68-83)100-33-16-35-105-107-73-98(61-63-112(107)121-116(100)105)122-113-38-10-7-31-103(113)108-72-89(52-64-114(108)122)79-49-59-95(60-50-79)118(93-55-45-77(46-56-93)87-42-40-75-18-2-4-20-81(75)66-87)97-28-13-23-84(69-97)82-21-11-25-90(67-82)99-32-15-34-104-102-30-6-9-37-111(102)120-115(99)104/h1-73,122H. The molecule has 1 aliphatic heterocycles. The Labute approximate surface area is 717 Å². The lowest BCUT2D eigenvalue weighted by atomic mass is 9.97. The number of thiol groups is 1. The Hall–Kier alpha value is -14.9. The van der Waals surface area contributed by atoms with Gasteiger partial charge in [0.1, 0.15) is 11.2 Å². The molecule has 0 bridgehead atoms. The Kier molecular flexibility index (Phi) is 17.3. The van der Waals surface area contributed by atoms with Gasteiger partial charge < -0.3 is 14.2 Å². The van der Waals surface area contributed by atoms with Crippen LogP contribution in [0.15, 0.2) is 462 Å². The summed E-state index contributed by atoms with van der Waals surface area (Å²) >= 11 is 3.78. The summed E-state index contributed by atoms with van der Waals surface area (Å²) in [5.74, 6) is 0. The van der Waals surface area contributed by atoms with Gasteiger partial charge in [0, 0.05) is 95.0 Å². The third-order valence-electron chi connectivity index (χ3n) is 24.7. The lowest BCUT2D eigenvalue weighted by molar-refractivity contribution is 0.669. The highest BCUT2D eigenvalue weighted by atomic mass is 32.2. The molecule has 0 aliphatic carbocycles. The Balaban J connectivity index is 0.534. The van der Waals surface area contributed by atoms with Crippen molar-refractivity contribution in [3.63, 3.8) is 0 Å². The third-order valence-corrected chi connectivity index (χ3v) is 29.7. The van der Waals surface area contributed by atoms with Crippen LogP contribution in [0.1, 0.15) is 0 Å². The highest BCUT2D eigenvalue weighted by molar-refractivity contribution is 8.17. The SMILES string of the molecule is c1cc(-c2cccc(N(c3ccc(-c4ccc5c(c4)-c4ccccc4[SH]5c4ccc5sc6c(-c7cccc(-c8cccc(N(c9ccc(-c%10ccc%11ccccc%11c%10)cc9)c9ccc(-c%10ccc%11oc%12ccccc%12c%11c%10)cc9)c8)c7)cccc6c5c4)cc3)c3ccc(-c4ccc5ccccc5c4)cc3)c2)cc(-c2cccc3c2sc2ccccc23)c1. The summed E-state index contributed by atoms with van der Waals surface area (Å²) in [6.45, 7) is 0. The van der Waals surface area contributed by atoms with Crippen LogP contribution in [0, 0.1) is 0 Å². The molecule has 0 saturated carbocycles. The van der Waals surface area contributed by atoms with Crippen LogP contribution in [-0.2, 0) is 0 Å².